The number of methoxy groups -OCH3 is 1. The van der Waals surface area contributed by atoms with Crippen LogP contribution >= 0.6 is 0 Å². The topological polar surface area (TPSA) is 35.3 Å². The third-order valence-corrected chi connectivity index (χ3v) is 4.12. The van der Waals surface area contributed by atoms with Crippen molar-refractivity contribution in [3.8, 4) is 17.1 Å². The molecule has 0 saturated carbocycles. The highest BCUT2D eigenvalue weighted by molar-refractivity contribution is 5.95. The van der Waals surface area contributed by atoms with Crippen molar-refractivity contribution >= 4 is 23.1 Å². The molecule has 0 bridgehead atoms. The lowest BCUT2D eigenvalue weighted by atomic mass is 10.1. The summed E-state index contributed by atoms with van der Waals surface area (Å²) < 4.78 is 11.6. The van der Waals surface area contributed by atoms with Gasteiger partial charge in [0.1, 0.15) is 5.76 Å². The van der Waals surface area contributed by atoms with Crippen LogP contribution in [0.3, 0.4) is 0 Å². The maximum absolute atomic E-state index is 6.10. The zero-order valence-electron chi connectivity index (χ0n) is 13.8. The number of nitrogens with zero attached hydrogens (tertiary/aromatic N) is 1. The lowest BCUT2D eigenvalue weighted by Gasteiger charge is -2.02. The Labute approximate surface area is 146 Å². The van der Waals surface area contributed by atoms with Gasteiger partial charge in [0.15, 0.2) is 11.3 Å². The molecule has 2 heterocycles. The zero-order valence-corrected chi connectivity index (χ0v) is 13.8. The first-order valence-corrected chi connectivity index (χ1v) is 8.09. The van der Waals surface area contributed by atoms with Crippen molar-refractivity contribution < 1.29 is 9.15 Å². The fourth-order valence-electron chi connectivity index (χ4n) is 2.83. The molecule has 122 valence electrons. The average Bonchev–Trinajstić information content (AvgIpc) is 3.13. The van der Waals surface area contributed by atoms with Gasteiger partial charge in [0.05, 0.1) is 7.11 Å². The molecule has 0 aliphatic rings. The van der Waals surface area contributed by atoms with E-state index in [9.17, 15) is 0 Å². The number of pyridine rings is 1. The van der Waals surface area contributed by atoms with Crippen LogP contribution in [0.5, 0.6) is 5.75 Å². The second-order valence-electron chi connectivity index (χ2n) is 5.69. The largest absolute Gasteiger partial charge is 0.493 e. The molecule has 0 fully saturated rings. The third kappa shape index (κ3) is 3.04. The highest BCUT2D eigenvalue weighted by Crippen LogP contribution is 2.36. The van der Waals surface area contributed by atoms with Gasteiger partial charge in [0, 0.05) is 23.3 Å². The Morgan fingerprint density at radius 3 is 2.48 bits per heavy atom. The highest BCUT2D eigenvalue weighted by atomic mass is 16.5. The molecule has 4 rings (SSSR count). The number of hydrogen-bond acceptors (Lipinski definition) is 3. The molecule has 2 aromatic carbocycles. The molecule has 0 N–H and O–H groups in total. The van der Waals surface area contributed by atoms with Crippen LogP contribution < -0.4 is 4.74 Å². The quantitative estimate of drug-likeness (QED) is 0.484. The summed E-state index contributed by atoms with van der Waals surface area (Å²) in [5.41, 5.74) is 3.99. The van der Waals surface area contributed by atoms with Gasteiger partial charge in [-0.2, -0.15) is 0 Å². The van der Waals surface area contributed by atoms with Gasteiger partial charge < -0.3 is 9.15 Å². The summed E-state index contributed by atoms with van der Waals surface area (Å²) in [7, 11) is 1.66. The minimum atomic E-state index is 0.734. The van der Waals surface area contributed by atoms with Crippen molar-refractivity contribution in [2.24, 2.45) is 0 Å². The average molecular weight is 327 g/mol. The van der Waals surface area contributed by atoms with Gasteiger partial charge in [0.25, 0.3) is 0 Å². The van der Waals surface area contributed by atoms with Crippen LogP contribution in [-0.4, -0.2) is 12.1 Å². The Balaban J connectivity index is 1.82. The van der Waals surface area contributed by atoms with Gasteiger partial charge in [-0.1, -0.05) is 48.6 Å². The predicted molar refractivity (Wildman–Crippen MR) is 101 cm³/mol. The molecule has 0 amide bonds. The summed E-state index contributed by atoms with van der Waals surface area (Å²) in [6, 6.07) is 20.1. The minimum Gasteiger partial charge on any atom is -0.493 e. The molecule has 0 unspecified atom stereocenters. The van der Waals surface area contributed by atoms with E-state index in [4.69, 9.17) is 9.15 Å². The Bertz CT molecular complexity index is 1020. The maximum atomic E-state index is 6.10. The lowest BCUT2D eigenvalue weighted by Crippen LogP contribution is -1.84. The summed E-state index contributed by atoms with van der Waals surface area (Å²) in [5, 5.41) is 1.03. The van der Waals surface area contributed by atoms with Crippen LogP contribution in [0.25, 0.3) is 34.4 Å². The van der Waals surface area contributed by atoms with Gasteiger partial charge in [-0.05, 0) is 35.4 Å². The molecule has 0 atom stereocenters. The zero-order chi connectivity index (χ0) is 17.1. The van der Waals surface area contributed by atoms with Crippen molar-refractivity contribution in [1.82, 2.24) is 4.98 Å². The van der Waals surface area contributed by atoms with Crippen LogP contribution in [0, 0.1) is 0 Å². The van der Waals surface area contributed by atoms with Gasteiger partial charge >= 0.3 is 0 Å². The first-order valence-electron chi connectivity index (χ1n) is 8.09. The van der Waals surface area contributed by atoms with Crippen molar-refractivity contribution in [3.05, 3.63) is 84.2 Å². The Morgan fingerprint density at radius 2 is 1.72 bits per heavy atom. The van der Waals surface area contributed by atoms with Crippen LogP contribution in [0.2, 0.25) is 0 Å². The van der Waals surface area contributed by atoms with Crippen molar-refractivity contribution in [3.63, 3.8) is 0 Å². The molecule has 0 spiro atoms. The van der Waals surface area contributed by atoms with E-state index in [2.05, 4.69) is 23.2 Å². The number of benzene rings is 2. The Morgan fingerprint density at radius 1 is 0.920 bits per heavy atom. The molecule has 0 aliphatic heterocycles. The molecule has 0 aliphatic carbocycles. The fraction of sp³-hybridized carbons (Fsp3) is 0.0455. The number of fused-ring (bicyclic) bond motifs is 1. The van der Waals surface area contributed by atoms with Gasteiger partial charge in [-0.25, -0.2) is 0 Å². The molecule has 3 nitrogen and oxygen atoms in total. The third-order valence-electron chi connectivity index (χ3n) is 4.12. The summed E-state index contributed by atoms with van der Waals surface area (Å²) in [4.78, 5) is 4.04. The van der Waals surface area contributed by atoms with E-state index >= 15 is 0 Å². The first kappa shape index (κ1) is 15.2. The summed E-state index contributed by atoms with van der Waals surface area (Å²) >= 11 is 0. The van der Waals surface area contributed by atoms with Crippen molar-refractivity contribution in [2.45, 2.75) is 0 Å². The van der Waals surface area contributed by atoms with E-state index in [1.165, 1.54) is 0 Å². The Hall–Kier alpha value is -3.33. The fourth-order valence-corrected chi connectivity index (χ4v) is 2.83. The SMILES string of the molecule is COc1ccc(C=Cc2ccncc2)c2cc(-c3ccccc3)oc12. The monoisotopic (exact) mass is 327 g/mol. The summed E-state index contributed by atoms with van der Waals surface area (Å²) in [6.45, 7) is 0. The first-order chi connectivity index (χ1) is 12.3. The molecular weight excluding hydrogens is 310 g/mol. The predicted octanol–water partition coefficient (Wildman–Crippen LogP) is 5.67. The number of rotatable bonds is 4. The van der Waals surface area contributed by atoms with E-state index in [1.54, 1.807) is 19.5 Å². The minimum absolute atomic E-state index is 0.734. The summed E-state index contributed by atoms with van der Waals surface area (Å²) in [5.74, 6) is 1.57. The van der Waals surface area contributed by atoms with Gasteiger partial charge in [-0.3, -0.25) is 4.98 Å². The standard InChI is InChI=1S/C22H17NO2/c1-24-20-10-9-17(8-7-16-11-13-23-14-12-16)19-15-21(25-22(19)20)18-5-3-2-4-6-18/h2-15H,1H3. The van der Waals surface area contributed by atoms with Crippen molar-refractivity contribution in [1.29, 1.82) is 0 Å². The molecule has 0 radical (unpaired) electrons. The molecule has 2 aromatic heterocycles. The van der Waals surface area contributed by atoms with Gasteiger partial charge in [0.2, 0.25) is 0 Å². The smallest absolute Gasteiger partial charge is 0.177 e. The molecule has 4 aromatic rings. The molecule has 0 saturated heterocycles. The van der Waals surface area contributed by atoms with Crippen LogP contribution in [0.1, 0.15) is 11.1 Å². The van der Waals surface area contributed by atoms with Crippen molar-refractivity contribution in [2.75, 3.05) is 7.11 Å². The lowest BCUT2D eigenvalue weighted by molar-refractivity contribution is 0.411. The second-order valence-corrected chi connectivity index (χ2v) is 5.69. The second kappa shape index (κ2) is 6.65. The van der Waals surface area contributed by atoms with E-state index < -0.39 is 0 Å². The van der Waals surface area contributed by atoms with E-state index in [-0.39, 0.29) is 0 Å². The number of hydrogen-bond donors (Lipinski definition) is 0. The van der Waals surface area contributed by atoms with Crippen LogP contribution in [0.15, 0.2) is 77.5 Å². The number of aromatic nitrogens is 1. The van der Waals surface area contributed by atoms with E-state index in [0.29, 0.717) is 0 Å². The van der Waals surface area contributed by atoms with Crippen LogP contribution in [0.4, 0.5) is 0 Å². The normalized spacial score (nSPS) is 11.2. The number of furan rings is 1. The maximum Gasteiger partial charge on any atom is 0.177 e. The summed E-state index contributed by atoms with van der Waals surface area (Å²) in [6.07, 6.45) is 7.73. The van der Waals surface area contributed by atoms with E-state index in [0.717, 1.165) is 39.2 Å². The molecular formula is C22H17NO2. The molecule has 3 heteroatoms. The number of ether oxygens (including phenoxy) is 1. The highest BCUT2D eigenvalue weighted by Gasteiger charge is 2.13. The van der Waals surface area contributed by atoms with E-state index in [1.807, 2.05) is 54.6 Å². The molecule has 25 heavy (non-hydrogen) atoms. The van der Waals surface area contributed by atoms with Crippen LogP contribution in [-0.2, 0) is 0 Å². The van der Waals surface area contributed by atoms with Gasteiger partial charge in [-0.15, -0.1) is 0 Å². The Kier molecular flexibility index (Phi) is 4.05.